The lowest BCUT2D eigenvalue weighted by Crippen LogP contribution is -2.31. The van der Waals surface area contributed by atoms with Crippen molar-refractivity contribution in [1.82, 2.24) is 0 Å². The van der Waals surface area contributed by atoms with Gasteiger partial charge in [0.25, 0.3) is 5.91 Å². The SMILES string of the molecule is CCOC(=O)c1cccc(NC(=O)[C@H](C)Oc2cc(C)ccc2C(C)C)c1C. The summed E-state index contributed by atoms with van der Waals surface area (Å²) in [6.07, 6.45) is -0.690. The van der Waals surface area contributed by atoms with Gasteiger partial charge in [0.05, 0.1) is 12.2 Å². The molecule has 1 atom stereocenters. The molecule has 0 radical (unpaired) electrons. The number of nitrogens with one attached hydrogen (secondary N) is 1. The van der Waals surface area contributed by atoms with E-state index in [9.17, 15) is 9.59 Å². The van der Waals surface area contributed by atoms with Crippen LogP contribution in [-0.4, -0.2) is 24.6 Å². The van der Waals surface area contributed by atoms with Crippen molar-refractivity contribution in [2.45, 2.75) is 53.6 Å². The third-order valence-electron chi connectivity index (χ3n) is 4.55. The largest absolute Gasteiger partial charge is 0.481 e. The smallest absolute Gasteiger partial charge is 0.338 e. The fourth-order valence-corrected chi connectivity index (χ4v) is 2.90. The summed E-state index contributed by atoms with van der Waals surface area (Å²) in [5, 5.41) is 2.86. The molecule has 1 amide bonds. The van der Waals surface area contributed by atoms with Crippen molar-refractivity contribution in [3.63, 3.8) is 0 Å². The first-order valence-corrected chi connectivity index (χ1v) is 9.59. The molecule has 28 heavy (non-hydrogen) atoms. The molecule has 0 fully saturated rings. The molecule has 0 unspecified atom stereocenters. The summed E-state index contributed by atoms with van der Waals surface area (Å²) in [6.45, 7) is 11.7. The maximum absolute atomic E-state index is 12.7. The van der Waals surface area contributed by atoms with Gasteiger partial charge in [0.1, 0.15) is 5.75 Å². The predicted molar refractivity (Wildman–Crippen MR) is 111 cm³/mol. The first-order chi connectivity index (χ1) is 13.2. The molecule has 5 nitrogen and oxygen atoms in total. The lowest BCUT2D eigenvalue weighted by Gasteiger charge is -2.20. The van der Waals surface area contributed by atoms with Crippen LogP contribution >= 0.6 is 0 Å². The molecule has 0 bridgehead atoms. The molecular formula is C23H29NO4. The van der Waals surface area contributed by atoms with E-state index in [0.717, 1.165) is 16.9 Å². The van der Waals surface area contributed by atoms with Gasteiger partial charge in [-0.25, -0.2) is 4.79 Å². The summed E-state index contributed by atoms with van der Waals surface area (Å²) in [5.41, 5.74) is 3.81. The number of carbonyl (C=O) groups is 2. The van der Waals surface area contributed by atoms with Crippen LogP contribution in [0.5, 0.6) is 5.75 Å². The molecule has 0 aromatic heterocycles. The Morgan fingerprint density at radius 3 is 2.43 bits per heavy atom. The highest BCUT2D eigenvalue weighted by atomic mass is 16.5. The number of ether oxygens (including phenoxy) is 2. The Hall–Kier alpha value is -2.82. The van der Waals surface area contributed by atoms with Gasteiger partial charge < -0.3 is 14.8 Å². The zero-order valence-corrected chi connectivity index (χ0v) is 17.5. The molecule has 0 spiro atoms. The summed E-state index contributed by atoms with van der Waals surface area (Å²) in [5.74, 6) is 0.325. The standard InChI is InChI=1S/C23H29NO4/c1-7-27-23(26)19-9-8-10-20(16(19)5)24-22(25)17(6)28-21-13-15(4)11-12-18(21)14(2)3/h8-14,17H,7H2,1-6H3,(H,24,25)/t17-/m0/s1. The van der Waals surface area contributed by atoms with E-state index in [1.54, 1.807) is 39.0 Å². The molecule has 2 rings (SSSR count). The lowest BCUT2D eigenvalue weighted by molar-refractivity contribution is -0.122. The lowest BCUT2D eigenvalue weighted by atomic mass is 10.0. The zero-order chi connectivity index (χ0) is 20.8. The van der Waals surface area contributed by atoms with E-state index in [-0.39, 0.29) is 11.8 Å². The van der Waals surface area contributed by atoms with E-state index in [2.05, 4.69) is 19.2 Å². The molecule has 5 heteroatoms. The molecule has 0 saturated carbocycles. The van der Waals surface area contributed by atoms with Crippen LogP contribution in [0.4, 0.5) is 5.69 Å². The van der Waals surface area contributed by atoms with Crippen molar-refractivity contribution in [2.75, 3.05) is 11.9 Å². The van der Waals surface area contributed by atoms with Crippen molar-refractivity contribution in [2.24, 2.45) is 0 Å². The molecule has 0 heterocycles. The van der Waals surface area contributed by atoms with Crippen molar-refractivity contribution < 1.29 is 19.1 Å². The number of benzene rings is 2. The van der Waals surface area contributed by atoms with Crippen LogP contribution in [0.2, 0.25) is 0 Å². The van der Waals surface area contributed by atoms with Crippen molar-refractivity contribution in [1.29, 1.82) is 0 Å². The normalized spacial score (nSPS) is 11.8. The fraction of sp³-hybridized carbons (Fsp3) is 0.391. The minimum atomic E-state index is -0.690. The average molecular weight is 383 g/mol. The summed E-state index contributed by atoms with van der Waals surface area (Å²) in [4.78, 5) is 24.7. The maximum Gasteiger partial charge on any atom is 0.338 e. The second-order valence-electron chi connectivity index (χ2n) is 7.14. The average Bonchev–Trinajstić information content (AvgIpc) is 2.63. The van der Waals surface area contributed by atoms with Gasteiger partial charge in [0.15, 0.2) is 6.10 Å². The van der Waals surface area contributed by atoms with Gasteiger partial charge in [-0.3, -0.25) is 4.79 Å². The number of aryl methyl sites for hydroxylation is 1. The van der Waals surface area contributed by atoms with Gasteiger partial charge in [-0.2, -0.15) is 0 Å². The van der Waals surface area contributed by atoms with E-state index in [1.807, 2.05) is 25.1 Å². The summed E-state index contributed by atoms with van der Waals surface area (Å²) in [6, 6.07) is 11.2. The van der Waals surface area contributed by atoms with Crippen molar-refractivity contribution in [3.8, 4) is 5.75 Å². The fourth-order valence-electron chi connectivity index (χ4n) is 2.90. The predicted octanol–water partition coefficient (Wildman–Crippen LogP) is 5.01. The Balaban J connectivity index is 2.17. The van der Waals surface area contributed by atoms with Crippen LogP contribution in [0.15, 0.2) is 36.4 Å². The van der Waals surface area contributed by atoms with E-state index < -0.39 is 12.1 Å². The van der Waals surface area contributed by atoms with E-state index in [1.165, 1.54) is 0 Å². The number of esters is 1. The number of hydrogen-bond acceptors (Lipinski definition) is 4. The van der Waals surface area contributed by atoms with Crippen LogP contribution in [-0.2, 0) is 9.53 Å². The van der Waals surface area contributed by atoms with Gasteiger partial charge in [-0.1, -0.05) is 32.0 Å². The highest BCUT2D eigenvalue weighted by molar-refractivity contribution is 5.98. The molecule has 2 aromatic carbocycles. The Kier molecular flexibility index (Phi) is 7.21. The number of amides is 1. The number of rotatable bonds is 7. The maximum atomic E-state index is 12.7. The molecule has 150 valence electrons. The highest BCUT2D eigenvalue weighted by Gasteiger charge is 2.20. The zero-order valence-electron chi connectivity index (χ0n) is 17.5. The van der Waals surface area contributed by atoms with Gasteiger partial charge in [0.2, 0.25) is 0 Å². The van der Waals surface area contributed by atoms with Crippen LogP contribution in [0.25, 0.3) is 0 Å². The Morgan fingerprint density at radius 1 is 1.07 bits per heavy atom. The molecular weight excluding hydrogens is 354 g/mol. The first kappa shape index (κ1) is 21.5. The second kappa shape index (κ2) is 9.40. The molecule has 0 aliphatic rings. The molecule has 0 aliphatic carbocycles. The number of hydrogen-bond donors (Lipinski definition) is 1. The topological polar surface area (TPSA) is 64.6 Å². The Morgan fingerprint density at radius 2 is 1.79 bits per heavy atom. The molecule has 0 saturated heterocycles. The Bertz CT molecular complexity index is 858. The molecule has 1 N–H and O–H groups in total. The molecule has 0 aliphatic heterocycles. The Labute approximate surface area is 167 Å². The first-order valence-electron chi connectivity index (χ1n) is 9.59. The second-order valence-corrected chi connectivity index (χ2v) is 7.14. The van der Waals surface area contributed by atoms with Crippen LogP contribution in [0.1, 0.15) is 60.7 Å². The highest BCUT2D eigenvalue weighted by Crippen LogP contribution is 2.28. The number of anilines is 1. The summed E-state index contributed by atoms with van der Waals surface area (Å²) >= 11 is 0. The quantitative estimate of drug-likeness (QED) is 0.683. The van der Waals surface area contributed by atoms with Gasteiger partial charge >= 0.3 is 5.97 Å². The van der Waals surface area contributed by atoms with E-state index in [4.69, 9.17) is 9.47 Å². The van der Waals surface area contributed by atoms with Gasteiger partial charge in [0, 0.05) is 5.69 Å². The van der Waals surface area contributed by atoms with Crippen LogP contribution < -0.4 is 10.1 Å². The van der Waals surface area contributed by atoms with Crippen molar-refractivity contribution in [3.05, 3.63) is 58.7 Å². The van der Waals surface area contributed by atoms with E-state index in [0.29, 0.717) is 23.4 Å². The minimum Gasteiger partial charge on any atom is -0.481 e. The van der Waals surface area contributed by atoms with Gasteiger partial charge in [-0.15, -0.1) is 0 Å². The van der Waals surface area contributed by atoms with Crippen LogP contribution in [0.3, 0.4) is 0 Å². The van der Waals surface area contributed by atoms with Crippen molar-refractivity contribution >= 4 is 17.6 Å². The number of carbonyl (C=O) groups excluding carboxylic acids is 2. The summed E-state index contributed by atoms with van der Waals surface area (Å²) in [7, 11) is 0. The third-order valence-corrected chi connectivity index (χ3v) is 4.55. The third kappa shape index (κ3) is 5.12. The molecule has 2 aromatic rings. The monoisotopic (exact) mass is 383 g/mol. The van der Waals surface area contributed by atoms with E-state index >= 15 is 0 Å². The minimum absolute atomic E-state index is 0.277. The van der Waals surface area contributed by atoms with Crippen LogP contribution in [0, 0.1) is 13.8 Å². The van der Waals surface area contributed by atoms with Gasteiger partial charge in [-0.05, 0) is 68.5 Å². The summed E-state index contributed by atoms with van der Waals surface area (Å²) < 4.78 is 11.0.